The van der Waals surface area contributed by atoms with Crippen molar-refractivity contribution in [2.24, 2.45) is 0 Å². The fraction of sp³-hybridized carbons (Fsp3) is 0. The minimum absolute atomic E-state index is 0. The van der Waals surface area contributed by atoms with E-state index in [4.69, 9.17) is 10.8 Å². The molecule has 1 heterocycles. The van der Waals surface area contributed by atoms with E-state index in [-0.39, 0.29) is 57.1 Å². The van der Waals surface area contributed by atoms with Crippen molar-refractivity contribution in [2.75, 3.05) is 5.73 Å². The summed E-state index contributed by atoms with van der Waals surface area (Å²) in [5.74, 6) is -1.03. The summed E-state index contributed by atoms with van der Waals surface area (Å²) in [4.78, 5) is 13.4. The fourth-order valence-electron chi connectivity index (χ4n) is 1.33. The fourth-order valence-corrected chi connectivity index (χ4v) is 1.33. The molecular weight excluding hydrogens is 207 g/mol. The molecule has 0 saturated carbocycles. The van der Waals surface area contributed by atoms with Gasteiger partial charge in [0.25, 0.3) is 0 Å². The standard InChI is InChI=1S/C9H8N2O2.K/c10-7-5-3-1-2-4-6(5)11-8(7)9(12)13;/h1-4,11H,10H2,(H,12,13);. The van der Waals surface area contributed by atoms with E-state index >= 15 is 0 Å². The van der Waals surface area contributed by atoms with Crippen LogP contribution >= 0.6 is 0 Å². The van der Waals surface area contributed by atoms with Crippen molar-refractivity contribution in [1.82, 2.24) is 4.98 Å². The molecule has 2 rings (SSSR count). The van der Waals surface area contributed by atoms with E-state index in [1.807, 2.05) is 12.1 Å². The van der Waals surface area contributed by atoms with Gasteiger partial charge in [0.1, 0.15) is 5.69 Å². The number of nitrogens with one attached hydrogen (secondary N) is 1. The number of nitrogens with two attached hydrogens (primary N) is 1. The first-order valence-corrected chi connectivity index (χ1v) is 3.79. The van der Waals surface area contributed by atoms with Gasteiger partial charge in [-0.3, -0.25) is 0 Å². The number of hydrogen-bond acceptors (Lipinski definition) is 2. The van der Waals surface area contributed by atoms with Crippen LogP contribution in [0.1, 0.15) is 10.5 Å². The van der Waals surface area contributed by atoms with Crippen molar-refractivity contribution in [3.63, 3.8) is 0 Å². The first kappa shape index (κ1) is 11.7. The van der Waals surface area contributed by atoms with Gasteiger partial charge >= 0.3 is 5.97 Å². The van der Waals surface area contributed by atoms with E-state index in [0.29, 0.717) is 5.69 Å². The van der Waals surface area contributed by atoms with E-state index in [9.17, 15) is 4.79 Å². The summed E-state index contributed by atoms with van der Waals surface area (Å²) in [5, 5.41) is 9.51. The Morgan fingerprint density at radius 3 is 2.57 bits per heavy atom. The monoisotopic (exact) mass is 215 g/mol. The van der Waals surface area contributed by atoms with E-state index in [2.05, 4.69) is 4.98 Å². The van der Waals surface area contributed by atoms with Crippen molar-refractivity contribution in [1.29, 1.82) is 0 Å². The van der Waals surface area contributed by atoms with E-state index in [1.165, 1.54) is 0 Å². The quantitative estimate of drug-likeness (QED) is 0.622. The van der Waals surface area contributed by atoms with Crippen LogP contribution in [0.5, 0.6) is 0 Å². The molecular formula is C9H8KN2O2. The molecule has 67 valence electrons. The van der Waals surface area contributed by atoms with E-state index < -0.39 is 5.97 Å². The van der Waals surface area contributed by atoms with E-state index in [1.54, 1.807) is 12.1 Å². The third kappa shape index (κ3) is 1.87. The number of carboxylic acids is 1. The maximum absolute atomic E-state index is 10.7. The molecule has 0 amide bonds. The Kier molecular flexibility index (Phi) is 3.74. The molecule has 0 fully saturated rings. The first-order chi connectivity index (χ1) is 6.20. The van der Waals surface area contributed by atoms with Crippen LogP contribution in [0.2, 0.25) is 0 Å². The average molecular weight is 215 g/mol. The van der Waals surface area contributed by atoms with Gasteiger partial charge in [-0.1, -0.05) is 18.2 Å². The third-order valence-electron chi connectivity index (χ3n) is 1.96. The number of hydrogen-bond donors (Lipinski definition) is 3. The van der Waals surface area contributed by atoms with Crippen LogP contribution in [-0.4, -0.2) is 67.4 Å². The summed E-state index contributed by atoms with van der Waals surface area (Å²) in [6.45, 7) is 0. The second-order valence-corrected chi connectivity index (χ2v) is 2.76. The zero-order valence-electron chi connectivity index (χ0n) is 7.74. The number of aromatic nitrogens is 1. The van der Waals surface area contributed by atoms with Gasteiger partial charge in [-0.25, -0.2) is 4.79 Å². The van der Waals surface area contributed by atoms with Gasteiger partial charge in [-0.05, 0) is 6.07 Å². The van der Waals surface area contributed by atoms with Crippen LogP contribution in [0.4, 0.5) is 5.69 Å². The minimum Gasteiger partial charge on any atom is -0.477 e. The Morgan fingerprint density at radius 1 is 1.36 bits per heavy atom. The summed E-state index contributed by atoms with van der Waals surface area (Å²) in [6.07, 6.45) is 0. The molecule has 0 bridgehead atoms. The molecule has 14 heavy (non-hydrogen) atoms. The number of para-hydroxylation sites is 1. The normalized spacial score (nSPS) is 9.71. The predicted octanol–water partition coefficient (Wildman–Crippen LogP) is 1.07. The van der Waals surface area contributed by atoms with E-state index in [0.717, 1.165) is 10.9 Å². The molecule has 1 aromatic carbocycles. The molecule has 0 spiro atoms. The maximum atomic E-state index is 10.7. The van der Waals surface area contributed by atoms with Gasteiger partial charge < -0.3 is 15.8 Å². The number of anilines is 1. The summed E-state index contributed by atoms with van der Waals surface area (Å²) in [7, 11) is 0. The zero-order valence-corrected chi connectivity index (χ0v) is 10.9. The molecule has 4 N–H and O–H groups in total. The smallest absolute Gasteiger partial charge is 0.354 e. The largest absolute Gasteiger partial charge is 0.477 e. The third-order valence-corrected chi connectivity index (χ3v) is 1.96. The minimum atomic E-state index is -1.03. The Bertz CT molecular complexity index is 479. The number of carbonyl (C=O) groups is 1. The van der Waals surface area contributed by atoms with Crippen LogP contribution in [0.3, 0.4) is 0 Å². The van der Waals surface area contributed by atoms with Crippen LogP contribution in [0, 0.1) is 0 Å². The second-order valence-electron chi connectivity index (χ2n) is 2.76. The van der Waals surface area contributed by atoms with Crippen LogP contribution in [0.25, 0.3) is 10.9 Å². The molecule has 0 saturated heterocycles. The molecule has 0 aliphatic carbocycles. The topological polar surface area (TPSA) is 79.1 Å². The van der Waals surface area contributed by atoms with Gasteiger partial charge in [0, 0.05) is 62.3 Å². The molecule has 5 heteroatoms. The van der Waals surface area contributed by atoms with Crippen LogP contribution < -0.4 is 5.73 Å². The molecule has 1 radical (unpaired) electrons. The SMILES string of the molecule is Nc1c(C(=O)O)[nH]c2ccccc12.[K]. The van der Waals surface area contributed by atoms with Crippen molar-refractivity contribution in [3.05, 3.63) is 30.0 Å². The molecule has 0 atom stereocenters. The predicted molar refractivity (Wildman–Crippen MR) is 55.4 cm³/mol. The molecule has 4 nitrogen and oxygen atoms in total. The Morgan fingerprint density at radius 2 is 2.00 bits per heavy atom. The van der Waals surface area contributed by atoms with Gasteiger partial charge in [0.2, 0.25) is 0 Å². The Labute approximate surface area is 123 Å². The zero-order chi connectivity index (χ0) is 9.42. The van der Waals surface area contributed by atoms with Crippen molar-refractivity contribution in [3.8, 4) is 0 Å². The van der Waals surface area contributed by atoms with Crippen molar-refractivity contribution >= 4 is 73.9 Å². The van der Waals surface area contributed by atoms with Crippen molar-refractivity contribution in [2.45, 2.75) is 0 Å². The summed E-state index contributed by atoms with van der Waals surface area (Å²) < 4.78 is 0. The summed E-state index contributed by atoms with van der Waals surface area (Å²) in [5.41, 5.74) is 6.73. The average Bonchev–Trinajstić information content (AvgIpc) is 2.45. The summed E-state index contributed by atoms with van der Waals surface area (Å²) >= 11 is 0. The number of nitrogen functional groups attached to an aromatic ring is 1. The van der Waals surface area contributed by atoms with Gasteiger partial charge in [0.05, 0.1) is 5.69 Å². The number of carboxylic acid groups (broad SMARTS) is 1. The van der Waals surface area contributed by atoms with Gasteiger partial charge in [-0.2, -0.15) is 0 Å². The number of fused-ring (bicyclic) bond motifs is 1. The number of H-pyrrole nitrogens is 1. The molecule has 1 aromatic heterocycles. The number of aromatic amines is 1. The molecule has 0 unspecified atom stereocenters. The second kappa shape index (κ2) is 4.46. The molecule has 0 aliphatic heterocycles. The van der Waals surface area contributed by atoms with Crippen molar-refractivity contribution < 1.29 is 9.90 Å². The van der Waals surface area contributed by atoms with Gasteiger partial charge in [0.15, 0.2) is 0 Å². The first-order valence-electron chi connectivity index (χ1n) is 3.79. The number of aromatic carboxylic acids is 1. The number of rotatable bonds is 1. The molecule has 0 aliphatic rings. The van der Waals surface area contributed by atoms with Crippen LogP contribution in [0.15, 0.2) is 24.3 Å². The molecule has 2 aromatic rings. The Balaban J connectivity index is 0.000000980. The van der Waals surface area contributed by atoms with Crippen LogP contribution in [-0.2, 0) is 0 Å². The maximum Gasteiger partial charge on any atom is 0.354 e. The number of benzene rings is 1. The Hall–Kier alpha value is -0.334. The van der Waals surface area contributed by atoms with Gasteiger partial charge in [-0.15, -0.1) is 0 Å². The summed E-state index contributed by atoms with van der Waals surface area (Å²) in [6, 6.07) is 7.22.